The first-order chi connectivity index (χ1) is 15.0. The van der Waals surface area contributed by atoms with Gasteiger partial charge in [0.1, 0.15) is 15.8 Å². The highest BCUT2D eigenvalue weighted by molar-refractivity contribution is 7.92. The fraction of sp³-hybridized carbons (Fsp3) is 0.316. The topological polar surface area (TPSA) is 117 Å². The minimum atomic E-state index is -3.62. The Morgan fingerprint density at radius 1 is 1.22 bits per heavy atom. The van der Waals surface area contributed by atoms with Crippen molar-refractivity contribution in [1.82, 2.24) is 19.5 Å². The Kier molecular flexibility index (Phi) is 6.15. The number of nitrogens with zero attached hydrogens (tertiary/aromatic N) is 3. The molecular weight excluding hydrogens is 501 g/mol. The highest BCUT2D eigenvalue weighted by atomic mass is 35.5. The van der Waals surface area contributed by atoms with Crippen LogP contribution in [0.25, 0.3) is 5.65 Å². The van der Waals surface area contributed by atoms with Crippen LogP contribution in [-0.2, 0) is 10.0 Å². The van der Waals surface area contributed by atoms with Gasteiger partial charge in [-0.15, -0.1) is 0 Å². The normalized spacial score (nSPS) is 17.0. The van der Waals surface area contributed by atoms with Crippen LogP contribution in [0, 0.1) is 0 Å². The van der Waals surface area contributed by atoms with Gasteiger partial charge in [-0.1, -0.05) is 34.8 Å². The Balaban J connectivity index is 1.76. The molecule has 0 bridgehead atoms. The minimum absolute atomic E-state index is 0.00242. The van der Waals surface area contributed by atoms with E-state index in [4.69, 9.17) is 34.8 Å². The van der Waals surface area contributed by atoms with E-state index in [0.717, 1.165) is 23.6 Å². The molecule has 3 heterocycles. The molecule has 3 aromatic rings. The number of hydrogen-bond donors (Lipinski definition) is 2. The summed E-state index contributed by atoms with van der Waals surface area (Å²) in [7, 11) is -3.62. The second-order valence-electron chi connectivity index (χ2n) is 7.50. The molecule has 1 aliphatic rings. The standard InChI is InChI=1S/C19H18Cl3N5O4S/c1-32(30,31)25-12-6-5-10(20)8-11(12)18(28)26-7-3-2-4-14(26)13-9-15-23-17(22)16(21)19(29)27(15)24-13/h5-6,8-9,14,23,25H,2-4,7H2,1H3/t14-/m0/s1. The lowest BCUT2D eigenvalue weighted by molar-refractivity contribution is 0.0607. The van der Waals surface area contributed by atoms with Gasteiger partial charge in [0.2, 0.25) is 10.0 Å². The SMILES string of the molecule is CS(=O)(=O)Nc1ccc(Cl)cc1C(=O)N1CCCC[C@H]1c1cc2[nH]c(Cl)c(Cl)c(=O)n2n1. The van der Waals surface area contributed by atoms with Gasteiger partial charge in [0.15, 0.2) is 0 Å². The van der Waals surface area contributed by atoms with Crippen molar-refractivity contribution >= 4 is 62.1 Å². The van der Waals surface area contributed by atoms with Gasteiger partial charge < -0.3 is 9.88 Å². The van der Waals surface area contributed by atoms with Gasteiger partial charge in [-0.25, -0.2) is 8.42 Å². The van der Waals surface area contributed by atoms with Crippen molar-refractivity contribution in [2.24, 2.45) is 0 Å². The Morgan fingerprint density at radius 3 is 2.69 bits per heavy atom. The first-order valence-corrected chi connectivity index (χ1v) is 12.6. The average molecular weight is 519 g/mol. The number of anilines is 1. The Morgan fingerprint density at radius 2 is 1.97 bits per heavy atom. The molecule has 0 spiro atoms. The van der Waals surface area contributed by atoms with Crippen molar-refractivity contribution in [3.8, 4) is 0 Å². The number of amides is 1. The smallest absolute Gasteiger partial charge is 0.294 e. The van der Waals surface area contributed by atoms with Gasteiger partial charge in [-0.3, -0.25) is 14.3 Å². The van der Waals surface area contributed by atoms with Crippen molar-refractivity contribution in [1.29, 1.82) is 0 Å². The molecule has 1 atom stereocenters. The highest BCUT2D eigenvalue weighted by Crippen LogP contribution is 2.34. The molecule has 2 aromatic heterocycles. The van der Waals surface area contributed by atoms with E-state index in [1.54, 1.807) is 11.0 Å². The van der Waals surface area contributed by atoms with Crippen molar-refractivity contribution < 1.29 is 13.2 Å². The summed E-state index contributed by atoms with van der Waals surface area (Å²) in [5.74, 6) is -0.400. The molecule has 1 amide bonds. The van der Waals surface area contributed by atoms with E-state index in [9.17, 15) is 18.0 Å². The number of carbonyl (C=O) groups is 1. The molecule has 0 aliphatic carbocycles. The zero-order chi connectivity index (χ0) is 23.2. The maximum atomic E-state index is 13.5. The van der Waals surface area contributed by atoms with E-state index in [1.807, 2.05) is 0 Å². The molecule has 4 rings (SSSR count). The summed E-state index contributed by atoms with van der Waals surface area (Å²) < 4.78 is 27.0. The maximum Gasteiger partial charge on any atom is 0.294 e. The lowest BCUT2D eigenvalue weighted by atomic mass is 9.98. The van der Waals surface area contributed by atoms with E-state index >= 15 is 0 Å². The molecule has 13 heteroatoms. The van der Waals surface area contributed by atoms with E-state index in [0.29, 0.717) is 29.3 Å². The predicted octanol–water partition coefficient (Wildman–Crippen LogP) is 3.72. The number of hydrogen-bond acceptors (Lipinski definition) is 5. The lowest BCUT2D eigenvalue weighted by Crippen LogP contribution is -2.39. The third-order valence-electron chi connectivity index (χ3n) is 5.15. The number of aromatic amines is 1. The zero-order valence-electron chi connectivity index (χ0n) is 16.7. The number of fused-ring (bicyclic) bond motifs is 1. The molecule has 1 saturated heterocycles. The number of H-pyrrole nitrogens is 1. The molecule has 0 radical (unpaired) electrons. The second-order valence-corrected chi connectivity index (χ2v) is 10.4. The van der Waals surface area contributed by atoms with Gasteiger partial charge in [0.05, 0.1) is 29.2 Å². The van der Waals surface area contributed by atoms with Crippen LogP contribution < -0.4 is 10.3 Å². The number of likely N-dealkylation sites (tertiary alicyclic amines) is 1. The van der Waals surface area contributed by atoms with E-state index < -0.39 is 27.5 Å². The van der Waals surface area contributed by atoms with Crippen molar-refractivity contribution in [2.75, 3.05) is 17.5 Å². The van der Waals surface area contributed by atoms with Crippen molar-refractivity contribution in [3.05, 3.63) is 61.1 Å². The van der Waals surface area contributed by atoms with E-state index in [-0.39, 0.29) is 21.4 Å². The van der Waals surface area contributed by atoms with Crippen molar-refractivity contribution in [3.63, 3.8) is 0 Å². The van der Waals surface area contributed by atoms with Crippen LogP contribution in [0.15, 0.2) is 29.1 Å². The summed E-state index contributed by atoms with van der Waals surface area (Å²) >= 11 is 18.0. The largest absolute Gasteiger partial charge is 0.330 e. The predicted molar refractivity (Wildman–Crippen MR) is 123 cm³/mol. The molecule has 170 valence electrons. The number of rotatable bonds is 4. The maximum absolute atomic E-state index is 13.5. The number of sulfonamides is 1. The molecule has 9 nitrogen and oxygen atoms in total. The molecule has 1 aromatic carbocycles. The number of carbonyl (C=O) groups excluding carboxylic acids is 1. The zero-order valence-corrected chi connectivity index (χ0v) is 19.8. The number of piperidine rings is 1. The van der Waals surface area contributed by atoms with Gasteiger partial charge in [0, 0.05) is 17.6 Å². The molecule has 2 N–H and O–H groups in total. The van der Waals surface area contributed by atoms with Crippen LogP contribution in [0.1, 0.15) is 41.4 Å². The molecule has 0 saturated carbocycles. The molecule has 32 heavy (non-hydrogen) atoms. The van der Waals surface area contributed by atoms with E-state index in [1.165, 1.54) is 18.2 Å². The average Bonchev–Trinajstić information content (AvgIpc) is 3.16. The number of halogens is 3. The summed E-state index contributed by atoms with van der Waals surface area (Å²) in [6.07, 6.45) is 3.23. The monoisotopic (exact) mass is 517 g/mol. The Hall–Kier alpha value is -2.27. The van der Waals surface area contributed by atoms with Crippen molar-refractivity contribution in [2.45, 2.75) is 25.3 Å². The summed E-state index contributed by atoms with van der Waals surface area (Å²) in [5, 5.41) is 4.48. The lowest BCUT2D eigenvalue weighted by Gasteiger charge is -2.35. The number of aromatic nitrogens is 3. The Bertz CT molecular complexity index is 1390. The molecule has 0 unspecified atom stereocenters. The highest BCUT2D eigenvalue weighted by Gasteiger charge is 2.32. The summed E-state index contributed by atoms with van der Waals surface area (Å²) in [4.78, 5) is 30.3. The minimum Gasteiger partial charge on any atom is -0.330 e. The quantitative estimate of drug-likeness (QED) is 0.511. The molecular formula is C19H18Cl3N5O4S. The fourth-order valence-electron chi connectivity index (χ4n) is 3.78. The van der Waals surface area contributed by atoms with Gasteiger partial charge in [-0.05, 0) is 37.5 Å². The van der Waals surface area contributed by atoms with Crippen LogP contribution in [0.5, 0.6) is 0 Å². The van der Waals surface area contributed by atoms with Crippen LogP contribution in [0.3, 0.4) is 0 Å². The number of nitrogens with one attached hydrogen (secondary N) is 2. The van der Waals surface area contributed by atoms with Gasteiger partial charge in [-0.2, -0.15) is 9.61 Å². The van der Waals surface area contributed by atoms with Crippen LogP contribution in [-0.4, -0.2) is 46.6 Å². The van der Waals surface area contributed by atoms with Crippen LogP contribution >= 0.6 is 34.8 Å². The van der Waals surface area contributed by atoms with E-state index in [2.05, 4.69) is 14.8 Å². The third kappa shape index (κ3) is 4.45. The molecule has 1 aliphatic heterocycles. The first-order valence-electron chi connectivity index (χ1n) is 9.60. The number of benzene rings is 1. The summed E-state index contributed by atoms with van der Waals surface area (Å²) in [5.41, 5.74) is 0.527. The summed E-state index contributed by atoms with van der Waals surface area (Å²) in [6, 6.07) is 5.58. The van der Waals surface area contributed by atoms with Crippen LogP contribution in [0.4, 0.5) is 5.69 Å². The van der Waals surface area contributed by atoms with Gasteiger partial charge in [0.25, 0.3) is 11.5 Å². The van der Waals surface area contributed by atoms with Crippen LogP contribution in [0.2, 0.25) is 15.2 Å². The molecule has 1 fully saturated rings. The first kappa shape index (κ1) is 22.9. The second kappa shape index (κ2) is 8.58. The summed E-state index contributed by atoms with van der Waals surface area (Å²) in [6.45, 7) is 0.428. The Labute approximate surface area is 198 Å². The fourth-order valence-corrected chi connectivity index (χ4v) is 4.83. The van der Waals surface area contributed by atoms with Gasteiger partial charge >= 0.3 is 0 Å². The third-order valence-corrected chi connectivity index (χ3v) is 6.71.